The summed E-state index contributed by atoms with van der Waals surface area (Å²) in [4.78, 5) is 0. The van der Waals surface area contributed by atoms with Gasteiger partial charge in [0.15, 0.2) is 0 Å². The van der Waals surface area contributed by atoms with E-state index < -0.39 is 17.9 Å². The number of fused-ring (bicyclic) bond motifs is 2. The fraction of sp³-hybridized carbons (Fsp3) is 0.200. The van der Waals surface area contributed by atoms with Crippen molar-refractivity contribution in [3.8, 4) is 0 Å². The third-order valence-electron chi connectivity index (χ3n) is 4.84. The molecule has 0 aromatic heterocycles. The van der Waals surface area contributed by atoms with Crippen LogP contribution in [-0.4, -0.2) is 0 Å². The molecule has 2 atom stereocenters. The number of rotatable bonds is 4. The molecule has 0 nitrogen and oxygen atoms in total. The van der Waals surface area contributed by atoms with Crippen LogP contribution in [0.1, 0.15) is 34.1 Å². The van der Waals surface area contributed by atoms with Crippen molar-refractivity contribution in [3.05, 3.63) is 82.9 Å². The van der Waals surface area contributed by atoms with Crippen molar-refractivity contribution in [2.75, 3.05) is 0 Å². The summed E-state index contributed by atoms with van der Waals surface area (Å²) < 4.78 is 1.91. The minimum atomic E-state index is -3.14. The first kappa shape index (κ1) is 15.9. The summed E-state index contributed by atoms with van der Waals surface area (Å²) in [5.74, 6) is 0.801. The van der Waals surface area contributed by atoms with Crippen molar-refractivity contribution in [1.29, 1.82) is 0 Å². The molecule has 0 N–H and O–H groups in total. The Morgan fingerprint density at radius 2 is 1.13 bits per heavy atom. The number of hydrogen-bond acceptors (Lipinski definition) is 0. The van der Waals surface area contributed by atoms with Gasteiger partial charge >= 0.3 is 150 Å². The number of allylic oxidation sites excluding steroid dienone is 2. The predicted molar refractivity (Wildman–Crippen MR) is 97.8 cm³/mol. The Balaban J connectivity index is 1.50. The zero-order valence-corrected chi connectivity index (χ0v) is 16.7. The van der Waals surface area contributed by atoms with Crippen LogP contribution in [0, 0.1) is 0 Å². The molecular formula is C20H18Cl2Zr. The third kappa shape index (κ3) is 3.29. The van der Waals surface area contributed by atoms with Gasteiger partial charge in [0, 0.05) is 0 Å². The second-order valence-electron chi connectivity index (χ2n) is 6.45. The average Bonchev–Trinajstić information content (AvgIpc) is 3.12. The molecule has 2 aliphatic carbocycles. The molecule has 0 saturated heterocycles. The maximum absolute atomic E-state index is 6.94. The molecule has 4 rings (SSSR count). The SMILES string of the molecule is [Cl][Zr]([Cl])([CH2]C1C=Cc2ccccc21)[CH2]C1C=Cc2ccccc21. The molecule has 0 saturated carbocycles. The zero-order valence-electron chi connectivity index (χ0n) is 12.8. The Morgan fingerprint density at radius 3 is 1.61 bits per heavy atom. The van der Waals surface area contributed by atoms with Crippen LogP contribution in [0.5, 0.6) is 0 Å². The van der Waals surface area contributed by atoms with E-state index in [1.807, 2.05) is 0 Å². The summed E-state index contributed by atoms with van der Waals surface area (Å²) >= 11 is -3.14. The first-order chi connectivity index (χ1) is 11.1. The molecule has 0 aliphatic heterocycles. The van der Waals surface area contributed by atoms with Gasteiger partial charge in [-0.05, 0) is 0 Å². The van der Waals surface area contributed by atoms with Gasteiger partial charge in [0.2, 0.25) is 0 Å². The molecule has 0 amide bonds. The van der Waals surface area contributed by atoms with E-state index in [1.54, 1.807) is 0 Å². The Hall–Kier alpha value is -0.617. The molecule has 0 bridgehead atoms. The molecule has 2 aromatic rings. The summed E-state index contributed by atoms with van der Waals surface area (Å²) in [6, 6.07) is 17.1. The van der Waals surface area contributed by atoms with E-state index in [4.69, 9.17) is 17.0 Å². The Kier molecular flexibility index (Phi) is 4.39. The van der Waals surface area contributed by atoms with Crippen LogP contribution in [0.15, 0.2) is 60.7 Å². The van der Waals surface area contributed by atoms with E-state index in [2.05, 4.69) is 72.8 Å². The van der Waals surface area contributed by atoms with Gasteiger partial charge in [0.05, 0.1) is 0 Å². The van der Waals surface area contributed by atoms with Gasteiger partial charge in [0.25, 0.3) is 0 Å². The summed E-state index contributed by atoms with van der Waals surface area (Å²) in [7, 11) is 13.9. The van der Waals surface area contributed by atoms with Gasteiger partial charge in [-0.2, -0.15) is 0 Å². The van der Waals surface area contributed by atoms with Crippen LogP contribution in [0.25, 0.3) is 12.2 Å². The van der Waals surface area contributed by atoms with Crippen molar-refractivity contribution in [2.45, 2.75) is 20.1 Å². The van der Waals surface area contributed by atoms with Gasteiger partial charge in [-0.25, -0.2) is 0 Å². The normalized spacial score (nSPS) is 21.5. The van der Waals surface area contributed by atoms with Crippen molar-refractivity contribution in [2.24, 2.45) is 0 Å². The molecule has 2 unspecified atom stereocenters. The number of hydrogen-bond donors (Lipinski definition) is 0. The minimum absolute atomic E-state index is 0.401. The Labute approximate surface area is 149 Å². The van der Waals surface area contributed by atoms with Crippen molar-refractivity contribution in [3.63, 3.8) is 0 Å². The average molecular weight is 420 g/mol. The van der Waals surface area contributed by atoms with E-state index in [-0.39, 0.29) is 0 Å². The molecule has 0 spiro atoms. The molecule has 116 valence electrons. The van der Waals surface area contributed by atoms with Gasteiger partial charge in [-0.15, -0.1) is 0 Å². The molecule has 2 aliphatic rings. The fourth-order valence-electron chi connectivity index (χ4n) is 3.73. The second-order valence-corrected chi connectivity index (χ2v) is 22.4. The molecule has 23 heavy (non-hydrogen) atoms. The van der Waals surface area contributed by atoms with Crippen LogP contribution in [-0.2, 0) is 17.9 Å². The monoisotopic (exact) mass is 418 g/mol. The van der Waals surface area contributed by atoms with Gasteiger partial charge in [-0.3, -0.25) is 0 Å². The third-order valence-corrected chi connectivity index (χ3v) is 13.6. The van der Waals surface area contributed by atoms with Gasteiger partial charge in [0.1, 0.15) is 0 Å². The first-order valence-corrected chi connectivity index (χ1v) is 17.9. The molecular weight excluding hydrogens is 402 g/mol. The van der Waals surface area contributed by atoms with E-state index in [0.717, 1.165) is 8.26 Å². The van der Waals surface area contributed by atoms with Gasteiger partial charge < -0.3 is 0 Å². The molecule has 2 aromatic carbocycles. The molecule has 0 fully saturated rings. The first-order valence-electron chi connectivity index (χ1n) is 8.04. The van der Waals surface area contributed by atoms with Crippen LogP contribution in [0.2, 0.25) is 8.26 Å². The van der Waals surface area contributed by atoms with Crippen LogP contribution >= 0.6 is 17.0 Å². The predicted octanol–water partition coefficient (Wildman–Crippen LogP) is 6.91. The van der Waals surface area contributed by atoms with Crippen LogP contribution in [0.4, 0.5) is 0 Å². The van der Waals surface area contributed by atoms with Crippen molar-refractivity contribution in [1.82, 2.24) is 0 Å². The maximum atomic E-state index is 6.94. The van der Waals surface area contributed by atoms with Gasteiger partial charge in [-0.1, -0.05) is 0 Å². The summed E-state index contributed by atoms with van der Waals surface area (Å²) in [6.45, 7) is 0. The second kappa shape index (κ2) is 6.36. The van der Waals surface area contributed by atoms with Crippen LogP contribution < -0.4 is 0 Å². The summed E-state index contributed by atoms with van der Waals surface area (Å²) in [5.41, 5.74) is 5.41. The zero-order chi connectivity index (χ0) is 15.9. The van der Waals surface area contributed by atoms with Crippen molar-refractivity contribution < 1.29 is 17.9 Å². The molecule has 3 heteroatoms. The standard InChI is InChI=1S/2C10H9.2ClH.Zr/c2*1-8-6-7-9-4-2-3-5-10(8)9;;;/h2*2-8H,1H2;2*1H;/q;;;;+2/p-2. The topological polar surface area (TPSA) is 0 Å². The van der Waals surface area contributed by atoms with Crippen LogP contribution in [0.3, 0.4) is 0 Å². The quantitative estimate of drug-likeness (QED) is 0.504. The Bertz CT molecular complexity index is 726. The summed E-state index contributed by atoms with van der Waals surface area (Å²) in [5, 5.41) is 0. The summed E-state index contributed by atoms with van der Waals surface area (Å²) in [6.07, 6.45) is 8.97. The van der Waals surface area contributed by atoms with Crippen molar-refractivity contribution >= 4 is 29.2 Å². The number of benzene rings is 2. The van der Waals surface area contributed by atoms with E-state index in [1.165, 1.54) is 22.3 Å². The Morgan fingerprint density at radius 1 is 0.696 bits per heavy atom. The molecule has 0 radical (unpaired) electrons. The van der Waals surface area contributed by atoms with E-state index in [9.17, 15) is 0 Å². The fourth-order valence-corrected chi connectivity index (χ4v) is 13.0. The van der Waals surface area contributed by atoms with E-state index in [0.29, 0.717) is 11.8 Å². The molecule has 0 heterocycles. The number of halogens is 2. The van der Waals surface area contributed by atoms with E-state index >= 15 is 0 Å².